The summed E-state index contributed by atoms with van der Waals surface area (Å²) in [5, 5.41) is 0. The second-order valence-corrected chi connectivity index (χ2v) is 10.4. The van der Waals surface area contributed by atoms with E-state index in [2.05, 4.69) is 15.0 Å². The fraction of sp³-hybridized carbons (Fsp3) is 0.233. The number of rotatable bonds is 8. The molecule has 11 heteroatoms. The van der Waals surface area contributed by atoms with Crippen LogP contribution in [0.4, 0.5) is 15.9 Å². The van der Waals surface area contributed by atoms with E-state index in [0.29, 0.717) is 46.6 Å². The number of carbonyl (C=O) groups excluding carboxylic acids is 1. The molecule has 4 N–H and O–H groups in total. The third kappa shape index (κ3) is 5.25. The molecule has 10 nitrogen and oxygen atoms in total. The molecule has 0 bridgehead atoms. The van der Waals surface area contributed by atoms with Crippen LogP contribution in [0.3, 0.4) is 0 Å². The van der Waals surface area contributed by atoms with E-state index >= 15 is 0 Å². The van der Waals surface area contributed by atoms with Gasteiger partial charge in [0.15, 0.2) is 5.65 Å². The quantitative estimate of drug-likeness (QED) is 0.268. The van der Waals surface area contributed by atoms with Crippen LogP contribution in [0.15, 0.2) is 76.4 Å². The highest BCUT2D eigenvalue weighted by Crippen LogP contribution is 2.32. The van der Waals surface area contributed by atoms with Crippen LogP contribution in [0, 0.1) is 11.7 Å². The summed E-state index contributed by atoms with van der Waals surface area (Å²) in [4.78, 5) is 54.1. The van der Waals surface area contributed by atoms with Crippen LogP contribution in [0.25, 0.3) is 11.2 Å². The van der Waals surface area contributed by atoms with Crippen molar-refractivity contribution < 1.29 is 9.18 Å². The summed E-state index contributed by atoms with van der Waals surface area (Å²) in [7, 11) is 1.66. The van der Waals surface area contributed by atoms with Gasteiger partial charge < -0.3 is 15.6 Å². The number of carbonyl (C=O) groups is 1. The van der Waals surface area contributed by atoms with Gasteiger partial charge in [-0.2, -0.15) is 0 Å². The molecule has 6 rings (SSSR count). The summed E-state index contributed by atoms with van der Waals surface area (Å²) >= 11 is 0. The number of nitrogens with one attached hydrogen (secondary N) is 2. The molecular weight excluding hydrogens is 525 g/mol. The Morgan fingerprint density at radius 1 is 1.10 bits per heavy atom. The summed E-state index contributed by atoms with van der Waals surface area (Å²) in [6.45, 7) is 0.479. The zero-order valence-corrected chi connectivity index (χ0v) is 22.3. The molecule has 41 heavy (non-hydrogen) atoms. The molecule has 1 aliphatic rings. The highest BCUT2D eigenvalue weighted by atomic mass is 19.1. The van der Waals surface area contributed by atoms with Gasteiger partial charge in [0.1, 0.15) is 23.0 Å². The zero-order chi connectivity index (χ0) is 28.7. The molecule has 208 valence electrons. The number of nitrogen functional groups attached to an aromatic ring is 1. The van der Waals surface area contributed by atoms with Crippen LogP contribution in [0.2, 0.25) is 0 Å². The van der Waals surface area contributed by atoms with Gasteiger partial charge in [-0.05, 0) is 66.6 Å². The summed E-state index contributed by atoms with van der Waals surface area (Å²) in [6, 6.07) is 17.0. The predicted molar refractivity (Wildman–Crippen MR) is 153 cm³/mol. The highest BCUT2D eigenvalue weighted by molar-refractivity contribution is 6.05. The number of halogens is 1. The number of H-pyrrole nitrogens is 2. The first kappa shape index (κ1) is 26.2. The number of aromatic amines is 2. The Morgan fingerprint density at radius 2 is 1.85 bits per heavy atom. The molecular formula is C30H28FN7O3. The molecule has 5 aromatic rings. The fourth-order valence-corrected chi connectivity index (χ4v) is 4.98. The second-order valence-electron chi connectivity index (χ2n) is 10.4. The molecule has 1 amide bonds. The minimum absolute atomic E-state index is 0.206. The number of anilines is 2. The first-order valence-electron chi connectivity index (χ1n) is 13.3. The third-order valence-electron chi connectivity index (χ3n) is 7.52. The van der Waals surface area contributed by atoms with E-state index in [9.17, 15) is 18.8 Å². The maximum absolute atomic E-state index is 14.8. The lowest BCUT2D eigenvalue weighted by Gasteiger charge is -2.20. The average Bonchev–Trinajstić information content (AvgIpc) is 3.69. The van der Waals surface area contributed by atoms with Gasteiger partial charge >= 0.3 is 5.69 Å². The second kappa shape index (κ2) is 10.5. The van der Waals surface area contributed by atoms with Crippen molar-refractivity contribution in [2.75, 3.05) is 17.7 Å². The zero-order valence-electron chi connectivity index (χ0n) is 22.3. The van der Waals surface area contributed by atoms with E-state index in [-0.39, 0.29) is 23.7 Å². The average molecular weight is 554 g/mol. The Hall–Kier alpha value is -5.06. The maximum atomic E-state index is 14.8. The lowest BCUT2D eigenvalue weighted by molar-refractivity contribution is 0.0992. The molecule has 1 unspecified atom stereocenters. The molecule has 0 radical (unpaired) electrons. The van der Waals surface area contributed by atoms with Gasteiger partial charge in [-0.1, -0.05) is 30.3 Å². The molecule has 3 aromatic heterocycles. The van der Waals surface area contributed by atoms with Gasteiger partial charge in [0.25, 0.3) is 11.5 Å². The van der Waals surface area contributed by atoms with Crippen molar-refractivity contribution in [2.24, 2.45) is 5.92 Å². The van der Waals surface area contributed by atoms with E-state index in [1.165, 1.54) is 21.7 Å². The number of nitrogens with two attached hydrogens (primary N) is 1. The van der Waals surface area contributed by atoms with Crippen molar-refractivity contribution in [1.82, 2.24) is 24.5 Å². The van der Waals surface area contributed by atoms with Crippen LogP contribution in [0.1, 0.15) is 46.1 Å². The van der Waals surface area contributed by atoms with Gasteiger partial charge in [-0.3, -0.25) is 19.1 Å². The molecule has 1 atom stereocenters. The first-order chi connectivity index (χ1) is 19.8. The number of fused-ring (bicyclic) bond motifs is 1. The van der Waals surface area contributed by atoms with Gasteiger partial charge in [-0.15, -0.1) is 0 Å². The van der Waals surface area contributed by atoms with Crippen LogP contribution in [-0.4, -0.2) is 37.5 Å². The number of hydrogen-bond donors (Lipinski definition) is 3. The van der Waals surface area contributed by atoms with E-state index in [4.69, 9.17) is 10.7 Å². The molecule has 1 aliphatic carbocycles. The molecule has 2 aromatic carbocycles. The number of pyridine rings is 1. The Morgan fingerprint density at radius 3 is 2.54 bits per heavy atom. The van der Waals surface area contributed by atoms with Crippen molar-refractivity contribution >= 4 is 28.6 Å². The maximum Gasteiger partial charge on any atom is 0.330 e. The van der Waals surface area contributed by atoms with E-state index in [1.54, 1.807) is 49.5 Å². The van der Waals surface area contributed by atoms with Crippen molar-refractivity contribution in [1.29, 1.82) is 0 Å². The lowest BCUT2D eigenvalue weighted by Crippen LogP contribution is -2.30. The summed E-state index contributed by atoms with van der Waals surface area (Å²) in [5.41, 5.74) is 7.40. The molecule has 0 aliphatic heterocycles. The van der Waals surface area contributed by atoms with Crippen molar-refractivity contribution in [2.45, 2.75) is 31.7 Å². The largest absolute Gasteiger partial charge is 0.384 e. The van der Waals surface area contributed by atoms with Crippen molar-refractivity contribution in [3.05, 3.63) is 116 Å². The number of aromatic nitrogens is 5. The molecule has 0 spiro atoms. The van der Waals surface area contributed by atoms with Gasteiger partial charge in [-0.25, -0.2) is 19.2 Å². The van der Waals surface area contributed by atoms with Gasteiger partial charge in [0.2, 0.25) is 0 Å². The standard InChI is InChI=1S/C30H28FN7O3/c1-37(29(40)20-10-13-24(32)33-15-20)21-11-8-18(9-12-21)22(14-19-4-2-3-5-23(19)31)26-34-25-27(35-26)38(16-17-6-7-17)30(41)36-28(25)39/h2-5,8-13,15,17,22H,6-7,14,16H2,1H3,(H2,32,33)(H,34,35)(H,36,39,41). The normalized spacial score (nSPS) is 13.8. The van der Waals surface area contributed by atoms with E-state index < -0.39 is 17.2 Å². The summed E-state index contributed by atoms with van der Waals surface area (Å²) < 4.78 is 16.3. The Balaban J connectivity index is 1.38. The fourth-order valence-electron chi connectivity index (χ4n) is 4.98. The molecule has 0 saturated heterocycles. The minimum atomic E-state index is -0.548. The molecule has 1 saturated carbocycles. The van der Waals surface area contributed by atoms with Crippen molar-refractivity contribution in [3.8, 4) is 0 Å². The monoisotopic (exact) mass is 553 g/mol. The molecule has 1 fully saturated rings. The Labute approximate surface area is 233 Å². The van der Waals surface area contributed by atoms with E-state index in [1.807, 2.05) is 12.1 Å². The van der Waals surface area contributed by atoms with Gasteiger partial charge in [0.05, 0.1) is 5.56 Å². The SMILES string of the molecule is CN(C(=O)c1ccc(N)nc1)c1ccc(C(Cc2ccccc2F)c2nc3c([nH]2)c(=O)[nH]c(=O)n3CC2CC2)cc1. The van der Waals surface area contributed by atoms with Crippen LogP contribution in [-0.2, 0) is 13.0 Å². The van der Waals surface area contributed by atoms with Crippen LogP contribution in [0.5, 0.6) is 0 Å². The van der Waals surface area contributed by atoms with Gasteiger partial charge in [0, 0.05) is 31.4 Å². The lowest BCUT2D eigenvalue weighted by atomic mass is 9.91. The van der Waals surface area contributed by atoms with Crippen LogP contribution >= 0.6 is 0 Å². The minimum Gasteiger partial charge on any atom is -0.384 e. The van der Waals surface area contributed by atoms with Crippen LogP contribution < -0.4 is 21.9 Å². The topological polar surface area (TPSA) is 143 Å². The van der Waals surface area contributed by atoms with E-state index in [0.717, 1.165) is 18.4 Å². The number of imidazole rings is 1. The molecule has 3 heterocycles. The van der Waals surface area contributed by atoms with Crippen molar-refractivity contribution in [3.63, 3.8) is 0 Å². The Bertz CT molecular complexity index is 1850. The highest BCUT2D eigenvalue weighted by Gasteiger charge is 2.27. The number of benzene rings is 2. The number of hydrogen-bond acceptors (Lipinski definition) is 6. The first-order valence-corrected chi connectivity index (χ1v) is 13.3. The summed E-state index contributed by atoms with van der Waals surface area (Å²) in [6.07, 6.45) is 3.73. The third-order valence-corrected chi connectivity index (χ3v) is 7.52. The smallest absolute Gasteiger partial charge is 0.330 e. The summed E-state index contributed by atoms with van der Waals surface area (Å²) in [5.74, 6) is 0.0713. The Kier molecular flexibility index (Phi) is 6.70. The number of amides is 1. The predicted octanol–water partition coefficient (Wildman–Crippen LogP) is 3.59. The number of nitrogens with zero attached hydrogens (tertiary/aromatic N) is 4.